The minimum Gasteiger partial charge on any atom is -0.338 e. The Labute approximate surface area is 110 Å². The monoisotopic (exact) mass is 303 g/mol. The Morgan fingerprint density at radius 2 is 2.12 bits per heavy atom. The molecule has 0 aliphatic rings. The lowest BCUT2D eigenvalue weighted by Gasteiger charge is -2.19. The molecule has 0 atom stereocenters. The number of halogens is 2. The molecule has 0 aliphatic carbocycles. The molecule has 1 aromatic rings. The molecule has 0 spiro atoms. The maximum atomic E-state index is 12.1. The summed E-state index contributed by atoms with van der Waals surface area (Å²) in [5, 5.41) is 0. The predicted molar refractivity (Wildman–Crippen MR) is 71.2 cm³/mol. The Kier molecular flexibility index (Phi) is 5.29. The van der Waals surface area contributed by atoms with Crippen LogP contribution in [0.1, 0.15) is 22.8 Å². The molecule has 4 heteroatoms. The summed E-state index contributed by atoms with van der Waals surface area (Å²) in [6, 6.07) is 5.71. The van der Waals surface area contributed by atoms with Crippen LogP contribution in [0.4, 0.5) is 0 Å². The number of alkyl halides is 1. The van der Waals surface area contributed by atoms with Crippen LogP contribution < -0.4 is 0 Å². The van der Waals surface area contributed by atoms with Crippen LogP contribution in [0.15, 0.2) is 22.7 Å². The van der Waals surface area contributed by atoms with Crippen molar-refractivity contribution in [2.45, 2.75) is 13.8 Å². The van der Waals surface area contributed by atoms with Crippen molar-refractivity contribution in [3.05, 3.63) is 33.8 Å². The van der Waals surface area contributed by atoms with Gasteiger partial charge in [-0.2, -0.15) is 0 Å². The number of carbonyl (C=O) groups excluding carboxylic acids is 1. The van der Waals surface area contributed by atoms with Crippen molar-refractivity contribution in [1.82, 2.24) is 4.90 Å². The van der Waals surface area contributed by atoms with E-state index in [-0.39, 0.29) is 5.91 Å². The number of hydrogen-bond acceptors (Lipinski definition) is 1. The van der Waals surface area contributed by atoms with E-state index in [1.807, 2.05) is 32.0 Å². The summed E-state index contributed by atoms with van der Waals surface area (Å²) in [4.78, 5) is 13.9. The molecule has 0 aliphatic heterocycles. The highest BCUT2D eigenvalue weighted by Crippen LogP contribution is 2.16. The van der Waals surface area contributed by atoms with Gasteiger partial charge in [0.1, 0.15) is 0 Å². The fourth-order valence-electron chi connectivity index (χ4n) is 1.55. The summed E-state index contributed by atoms with van der Waals surface area (Å²) in [5.74, 6) is 0.500. The van der Waals surface area contributed by atoms with Gasteiger partial charge >= 0.3 is 0 Å². The lowest BCUT2D eigenvalue weighted by Crippen LogP contribution is -2.32. The number of amides is 1. The molecule has 1 amide bonds. The average molecular weight is 305 g/mol. The van der Waals surface area contributed by atoms with Crippen LogP contribution in [-0.4, -0.2) is 29.8 Å². The van der Waals surface area contributed by atoms with Crippen LogP contribution in [0.5, 0.6) is 0 Å². The van der Waals surface area contributed by atoms with E-state index in [0.29, 0.717) is 24.5 Å². The third-order valence-electron chi connectivity index (χ3n) is 2.31. The third kappa shape index (κ3) is 3.49. The molecule has 0 aromatic heterocycles. The number of aryl methyl sites for hydroxylation is 1. The molecule has 0 saturated heterocycles. The van der Waals surface area contributed by atoms with Crippen molar-refractivity contribution in [2.75, 3.05) is 19.0 Å². The molecule has 0 unspecified atom stereocenters. The largest absolute Gasteiger partial charge is 0.338 e. The topological polar surface area (TPSA) is 20.3 Å². The normalized spacial score (nSPS) is 10.2. The summed E-state index contributed by atoms with van der Waals surface area (Å²) in [6.07, 6.45) is 0. The molecule has 88 valence electrons. The van der Waals surface area contributed by atoms with Gasteiger partial charge in [-0.25, -0.2) is 0 Å². The number of hydrogen-bond donors (Lipinski definition) is 0. The molecule has 16 heavy (non-hydrogen) atoms. The Morgan fingerprint density at radius 3 is 2.62 bits per heavy atom. The molecule has 2 nitrogen and oxygen atoms in total. The van der Waals surface area contributed by atoms with Gasteiger partial charge < -0.3 is 4.90 Å². The number of benzene rings is 1. The quantitative estimate of drug-likeness (QED) is 0.780. The molecule has 0 radical (unpaired) electrons. The highest BCUT2D eigenvalue weighted by molar-refractivity contribution is 9.10. The van der Waals surface area contributed by atoms with Gasteiger partial charge in [0.2, 0.25) is 0 Å². The minimum absolute atomic E-state index is 0.0348. The van der Waals surface area contributed by atoms with Crippen molar-refractivity contribution >= 4 is 33.4 Å². The average Bonchev–Trinajstić information content (AvgIpc) is 2.23. The Bertz CT molecular complexity index is 361. The van der Waals surface area contributed by atoms with Gasteiger partial charge in [0, 0.05) is 29.0 Å². The zero-order valence-electron chi connectivity index (χ0n) is 9.46. The van der Waals surface area contributed by atoms with Gasteiger partial charge in [-0.15, -0.1) is 11.6 Å². The second kappa shape index (κ2) is 6.26. The van der Waals surface area contributed by atoms with E-state index >= 15 is 0 Å². The van der Waals surface area contributed by atoms with Crippen LogP contribution in [0.2, 0.25) is 0 Å². The summed E-state index contributed by atoms with van der Waals surface area (Å²) < 4.78 is 0.928. The summed E-state index contributed by atoms with van der Waals surface area (Å²) in [7, 11) is 0. The standard InChI is InChI=1S/C12H15BrClNO/c1-3-15(5-4-14)12(16)10-6-9(2)7-11(13)8-10/h6-8H,3-5H2,1-2H3. The number of carbonyl (C=O) groups is 1. The van der Waals surface area contributed by atoms with E-state index in [1.165, 1.54) is 0 Å². The van der Waals surface area contributed by atoms with Gasteiger partial charge in [-0.1, -0.05) is 15.9 Å². The van der Waals surface area contributed by atoms with Crippen molar-refractivity contribution in [1.29, 1.82) is 0 Å². The zero-order valence-corrected chi connectivity index (χ0v) is 11.8. The van der Waals surface area contributed by atoms with E-state index in [2.05, 4.69) is 15.9 Å². The smallest absolute Gasteiger partial charge is 0.253 e. The van der Waals surface area contributed by atoms with E-state index in [1.54, 1.807) is 4.90 Å². The first kappa shape index (κ1) is 13.5. The summed E-state index contributed by atoms with van der Waals surface area (Å²) in [6.45, 7) is 5.19. The molecular weight excluding hydrogens is 289 g/mol. The highest BCUT2D eigenvalue weighted by Gasteiger charge is 2.14. The molecule has 0 heterocycles. The second-order valence-electron chi connectivity index (χ2n) is 3.59. The van der Waals surface area contributed by atoms with Gasteiger partial charge in [-0.05, 0) is 37.6 Å². The molecule has 0 bridgehead atoms. The van der Waals surface area contributed by atoms with Crippen LogP contribution in [0.3, 0.4) is 0 Å². The maximum absolute atomic E-state index is 12.1. The summed E-state index contributed by atoms with van der Waals surface area (Å²) >= 11 is 9.06. The molecule has 0 fully saturated rings. The molecule has 0 saturated carbocycles. The van der Waals surface area contributed by atoms with Crippen molar-refractivity contribution in [2.24, 2.45) is 0 Å². The van der Waals surface area contributed by atoms with Gasteiger partial charge in [0.25, 0.3) is 5.91 Å². The fourth-order valence-corrected chi connectivity index (χ4v) is 2.36. The van der Waals surface area contributed by atoms with E-state index in [9.17, 15) is 4.79 Å². The minimum atomic E-state index is 0.0348. The Morgan fingerprint density at radius 1 is 1.44 bits per heavy atom. The zero-order chi connectivity index (χ0) is 12.1. The van der Waals surface area contributed by atoms with Crippen LogP contribution in [0, 0.1) is 6.92 Å². The first-order valence-corrected chi connectivity index (χ1v) is 6.53. The fraction of sp³-hybridized carbons (Fsp3) is 0.417. The van der Waals surface area contributed by atoms with Crippen molar-refractivity contribution < 1.29 is 4.79 Å². The third-order valence-corrected chi connectivity index (χ3v) is 2.94. The van der Waals surface area contributed by atoms with Crippen LogP contribution in [0.25, 0.3) is 0 Å². The lowest BCUT2D eigenvalue weighted by atomic mass is 10.1. The van der Waals surface area contributed by atoms with Crippen LogP contribution >= 0.6 is 27.5 Å². The number of rotatable bonds is 4. The van der Waals surface area contributed by atoms with E-state index in [0.717, 1.165) is 10.0 Å². The second-order valence-corrected chi connectivity index (χ2v) is 4.88. The van der Waals surface area contributed by atoms with Gasteiger partial charge in [0.05, 0.1) is 0 Å². The van der Waals surface area contributed by atoms with E-state index < -0.39 is 0 Å². The number of nitrogens with zero attached hydrogens (tertiary/aromatic N) is 1. The first-order valence-electron chi connectivity index (χ1n) is 5.21. The van der Waals surface area contributed by atoms with Crippen LogP contribution in [-0.2, 0) is 0 Å². The predicted octanol–water partition coefficient (Wildman–Crippen LogP) is 3.46. The highest BCUT2D eigenvalue weighted by atomic mass is 79.9. The molecule has 1 rings (SSSR count). The van der Waals surface area contributed by atoms with Crippen molar-refractivity contribution in [3.63, 3.8) is 0 Å². The first-order chi connectivity index (χ1) is 7.58. The Balaban J connectivity index is 2.94. The Hall–Kier alpha value is -0.540. The van der Waals surface area contributed by atoms with Gasteiger partial charge in [-0.3, -0.25) is 4.79 Å². The summed E-state index contributed by atoms with van der Waals surface area (Å²) in [5.41, 5.74) is 1.78. The molecule has 1 aromatic carbocycles. The van der Waals surface area contributed by atoms with Gasteiger partial charge in [0.15, 0.2) is 0 Å². The maximum Gasteiger partial charge on any atom is 0.253 e. The lowest BCUT2D eigenvalue weighted by molar-refractivity contribution is 0.0774. The van der Waals surface area contributed by atoms with E-state index in [4.69, 9.17) is 11.6 Å². The van der Waals surface area contributed by atoms with Crippen molar-refractivity contribution in [3.8, 4) is 0 Å². The molecule has 0 N–H and O–H groups in total. The molecular formula is C12H15BrClNO. The SMILES string of the molecule is CCN(CCCl)C(=O)c1cc(C)cc(Br)c1.